The number of carbonyl (C=O) groups excluding carboxylic acids is 2. The molecule has 0 bridgehead atoms. The largest absolute Gasteiger partial charge is 0.303 e. The van der Waals surface area contributed by atoms with Gasteiger partial charge in [0.05, 0.1) is 4.90 Å². The average molecular weight is 240 g/mol. The Morgan fingerprint density at radius 3 is 2.25 bits per heavy atom. The van der Waals surface area contributed by atoms with Gasteiger partial charge in [-0.2, -0.15) is 0 Å². The van der Waals surface area contributed by atoms with Gasteiger partial charge in [-0.05, 0) is 12.1 Å². The van der Waals surface area contributed by atoms with Crippen LogP contribution < -0.4 is 0 Å². The summed E-state index contributed by atoms with van der Waals surface area (Å²) in [7, 11) is -3.23. The van der Waals surface area contributed by atoms with Crippen molar-refractivity contribution in [3.05, 3.63) is 29.8 Å². The predicted octanol–water partition coefficient (Wildman–Crippen LogP) is 1.25. The zero-order chi connectivity index (χ0) is 12.2. The summed E-state index contributed by atoms with van der Waals surface area (Å²) in [6.07, 6.45) is 2.13. The molecule has 0 saturated carbocycles. The number of ketones is 1. The van der Waals surface area contributed by atoms with E-state index in [1.54, 1.807) is 0 Å². The number of sulfone groups is 1. The fourth-order valence-corrected chi connectivity index (χ4v) is 1.85. The molecule has 0 unspecified atom stereocenters. The normalized spacial score (nSPS) is 11.1. The van der Waals surface area contributed by atoms with Gasteiger partial charge in [0, 0.05) is 24.7 Å². The number of carbonyl (C=O) groups is 2. The molecule has 0 aliphatic rings. The molecular weight excluding hydrogens is 228 g/mol. The van der Waals surface area contributed by atoms with Gasteiger partial charge in [0.2, 0.25) is 0 Å². The first-order valence-electron chi connectivity index (χ1n) is 4.72. The van der Waals surface area contributed by atoms with E-state index in [0.717, 1.165) is 6.26 Å². The molecule has 16 heavy (non-hydrogen) atoms. The summed E-state index contributed by atoms with van der Waals surface area (Å²) in [5.74, 6) is -0.160. The summed E-state index contributed by atoms with van der Waals surface area (Å²) in [5.41, 5.74) is 0.425. The van der Waals surface area contributed by atoms with Gasteiger partial charge in [-0.15, -0.1) is 0 Å². The molecule has 86 valence electrons. The summed E-state index contributed by atoms with van der Waals surface area (Å²) in [6, 6.07) is 5.71. The third-order valence-corrected chi connectivity index (χ3v) is 3.22. The lowest BCUT2D eigenvalue weighted by Gasteiger charge is -2.01. The lowest BCUT2D eigenvalue weighted by atomic mass is 10.1. The van der Waals surface area contributed by atoms with Crippen molar-refractivity contribution in [2.24, 2.45) is 0 Å². The SMILES string of the molecule is CS(=O)(=O)c1ccc(C(=O)CCC=O)cc1. The Morgan fingerprint density at radius 1 is 1.25 bits per heavy atom. The maximum Gasteiger partial charge on any atom is 0.175 e. The van der Waals surface area contributed by atoms with Crippen LogP contribution in [-0.4, -0.2) is 26.7 Å². The van der Waals surface area contributed by atoms with E-state index in [9.17, 15) is 18.0 Å². The molecule has 0 spiro atoms. The van der Waals surface area contributed by atoms with Crippen LogP contribution in [0.3, 0.4) is 0 Å². The molecule has 1 rings (SSSR count). The van der Waals surface area contributed by atoms with Crippen molar-refractivity contribution in [1.82, 2.24) is 0 Å². The maximum absolute atomic E-state index is 11.5. The van der Waals surface area contributed by atoms with Crippen LogP contribution in [0.25, 0.3) is 0 Å². The topological polar surface area (TPSA) is 68.3 Å². The second-order valence-electron chi connectivity index (χ2n) is 3.43. The van der Waals surface area contributed by atoms with Crippen molar-refractivity contribution in [1.29, 1.82) is 0 Å². The van der Waals surface area contributed by atoms with Gasteiger partial charge in [0.1, 0.15) is 6.29 Å². The first-order chi connectivity index (χ1) is 7.45. The van der Waals surface area contributed by atoms with Crippen LogP contribution in [-0.2, 0) is 14.6 Å². The van der Waals surface area contributed by atoms with Gasteiger partial charge < -0.3 is 4.79 Å². The molecule has 0 heterocycles. The Kier molecular flexibility index (Phi) is 3.95. The van der Waals surface area contributed by atoms with Gasteiger partial charge in [0.25, 0.3) is 0 Å². The zero-order valence-electron chi connectivity index (χ0n) is 8.84. The van der Waals surface area contributed by atoms with Crippen LogP contribution >= 0.6 is 0 Å². The summed E-state index contributed by atoms with van der Waals surface area (Å²) < 4.78 is 22.3. The molecule has 1 aromatic carbocycles. The van der Waals surface area contributed by atoms with Crippen LogP contribution in [0.1, 0.15) is 23.2 Å². The molecule has 0 radical (unpaired) electrons. The molecule has 0 aromatic heterocycles. The van der Waals surface area contributed by atoms with Gasteiger partial charge >= 0.3 is 0 Å². The molecule has 5 heteroatoms. The lowest BCUT2D eigenvalue weighted by molar-refractivity contribution is -0.107. The number of Topliss-reactive ketones (excluding diaryl/α,β-unsaturated/α-hetero) is 1. The first-order valence-corrected chi connectivity index (χ1v) is 6.61. The molecule has 4 nitrogen and oxygen atoms in total. The highest BCUT2D eigenvalue weighted by Crippen LogP contribution is 2.12. The predicted molar refractivity (Wildman–Crippen MR) is 59.2 cm³/mol. The molecule has 0 atom stereocenters. The van der Waals surface area contributed by atoms with E-state index in [1.807, 2.05) is 0 Å². The minimum Gasteiger partial charge on any atom is -0.303 e. The number of hydrogen-bond donors (Lipinski definition) is 0. The van der Waals surface area contributed by atoms with Gasteiger partial charge in [-0.3, -0.25) is 4.79 Å². The maximum atomic E-state index is 11.5. The monoisotopic (exact) mass is 240 g/mol. The third-order valence-electron chi connectivity index (χ3n) is 2.09. The van der Waals surface area contributed by atoms with Gasteiger partial charge in [-0.25, -0.2) is 8.42 Å². The number of aldehydes is 1. The Bertz CT molecular complexity index is 485. The quantitative estimate of drug-likeness (QED) is 0.574. The highest BCUT2D eigenvalue weighted by Gasteiger charge is 2.09. The highest BCUT2D eigenvalue weighted by molar-refractivity contribution is 7.90. The Hall–Kier alpha value is -1.49. The fourth-order valence-electron chi connectivity index (χ4n) is 1.22. The molecular formula is C11H12O4S. The minimum atomic E-state index is -3.23. The van der Waals surface area contributed by atoms with Crippen LogP contribution in [0, 0.1) is 0 Å². The standard InChI is InChI=1S/C11H12O4S/c1-16(14,15)10-6-4-9(5-7-10)11(13)3-2-8-12/h4-8H,2-3H2,1H3. The molecule has 0 aliphatic heterocycles. The van der Waals surface area contributed by atoms with E-state index in [-0.39, 0.29) is 23.5 Å². The van der Waals surface area contributed by atoms with Crippen molar-refractivity contribution in [2.45, 2.75) is 17.7 Å². The summed E-state index contributed by atoms with van der Waals surface area (Å²) in [4.78, 5) is 21.7. The van der Waals surface area contributed by atoms with Crippen LogP contribution in [0.15, 0.2) is 29.2 Å². The van der Waals surface area contributed by atoms with E-state index < -0.39 is 9.84 Å². The second-order valence-corrected chi connectivity index (χ2v) is 5.44. The number of benzene rings is 1. The summed E-state index contributed by atoms with van der Waals surface area (Å²) in [5, 5.41) is 0. The van der Waals surface area contributed by atoms with Crippen molar-refractivity contribution < 1.29 is 18.0 Å². The van der Waals surface area contributed by atoms with Gasteiger partial charge in [0.15, 0.2) is 15.6 Å². The van der Waals surface area contributed by atoms with Crippen LogP contribution in [0.4, 0.5) is 0 Å². The molecule has 0 N–H and O–H groups in total. The fraction of sp³-hybridized carbons (Fsp3) is 0.273. The van der Waals surface area contributed by atoms with Crippen LogP contribution in [0.2, 0.25) is 0 Å². The first kappa shape index (κ1) is 12.6. The summed E-state index contributed by atoms with van der Waals surface area (Å²) >= 11 is 0. The number of rotatable bonds is 5. The van der Waals surface area contributed by atoms with Crippen LogP contribution in [0.5, 0.6) is 0 Å². The number of hydrogen-bond acceptors (Lipinski definition) is 4. The molecule has 0 amide bonds. The van der Waals surface area contributed by atoms with E-state index in [4.69, 9.17) is 0 Å². The van der Waals surface area contributed by atoms with E-state index in [2.05, 4.69) is 0 Å². The molecule has 0 fully saturated rings. The van der Waals surface area contributed by atoms with Crippen molar-refractivity contribution >= 4 is 21.9 Å². The molecule has 0 saturated heterocycles. The smallest absolute Gasteiger partial charge is 0.175 e. The molecule has 0 aliphatic carbocycles. The van der Waals surface area contributed by atoms with E-state index >= 15 is 0 Å². The minimum absolute atomic E-state index is 0.154. The van der Waals surface area contributed by atoms with E-state index in [1.165, 1.54) is 24.3 Å². The highest BCUT2D eigenvalue weighted by atomic mass is 32.2. The Labute approximate surface area is 94.2 Å². The van der Waals surface area contributed by atoms with Crippen molar-refractivity contribution in [3.63, 3.8) is 0 Å². The molecule has 1 aromatic rings. The van der Waals surface area contributed by atoms with E-state index in [0.29, 0.717) is 11.8 Å². The zero-order valence-corrected chi connectivity index (χ0v) is 9.66. The summed E-state index contributed by atoms with van der Waals surface area (Å²) in [6.45, 7) is 0. The Balaban J connectivity index is 2.87. The average Bonchev–Trinajstić information content (AvgIpc) is 2.25. The van der Waals surface area contributed by atoms with Crippen molar-refractivity contribution in [2.75, 3.05) is 6.26 Å². The van der Waals surface area contributed by atoms with Crippen molar-refractivity contribution in [3.8, 4) is 0 Å². The second kappa shape index (κ2) is 5.03. The lowest BCUT2D eigenvalue weighted by Crippen LogP contribution is -2.01. The Morgan fingerprint density at radius 2 is 1.81 bits per heavy atom. The third kappa shape index (κ3) is 3.27. The van der Waals surface area contributed by atoms with Gasteiger partial charge in [-0.1, -0.05) is 12.1 Å².